The predicted molar refractivity (Wildman–Crippen MR) is 99.3 cm³/mol. The number of primary sulfonamides is 1. The summed E-state index contributed by atoms with van der Waals surface area (Å²) in [6, 6.07) is 9.87. The predicted octanol–water partition coefficient (Wildman–Crippen LogP) is 2.18. The maximum atomic E-state index is 12.4. The molecule has 0 heterocycles. The van der Waals surface area contributed by atoms with Gasteiger partial charge in [-0.15, -0.1) is 0 Å². The standard InChI is InChI=1S/C17H17ClN2O6S/c1-10(16(21)20-12-5-3-11(18)4-6-12)26-17(22)14-9-13(27(19,23)24)7-8-15(14)25-2/h3-10H,1-2H3,(H,20,21)(H2,19,23,24)/t10-/m0/s1. The lowest BCUT2D eigenvalue weighted by Gasteiger charge is -2.15. The van der Waals surface area contributed by atoms with Crippen LogP contribution in [0.4, 0.5) is 5.69 Å². The van der Waals surface area contributed by atoms with E-state index in [1.54, 1.807) is 24.3 Å². The van der Waals surface area contributed by atoms with E-state index < -0.39 is 28.0 Å². The number of carbonyl (C=O) groups excluding carboxylic acids is 2. The lowest BCUT2D eigenvalue weighted by Crippen LogP contribution is -2.30. The van der Waals surface area contributed by atoms with Crippen molar-refractivity contribution in [3.8, 4) is 5.75 Å². The van der Waals surface area contributed by atoms with E-state index in [0.29, 0.717) is 10.7 Å². The number of carbonyl (C=O) groups is 2. The molecule has 0 spiro atoms. The van der Waals surface area contributed by atoms with Crippen LogP contribution in [0.15, 0.2) is 47.4 Å². The molecule has 0 bridgehead atoms. The molecule has 8 nitrogen and oxygen atoms in total. The van der Waals surface area contributed by atoms with Crippen molar-refractivity contribution in [2.24, 2.45) is 5.14 Å². The van der Waals surface area contributed by atoms with Gasteiger partial charge in [0.05, 0.1) is 12.0 Å². The van der Waals surface area contributed by atoms with Gasteiger partial charge in [-0.1, -0.05) is 11.6 Å². The van der Waals surface area contributed by atoms with Crippen LogP contribution in [0.2, 0.25) is 5.02 Å². The van der Waals surface area contributed by atoms with E-state index in [4.69, 9.17) is 26.2 Å². The van der Waals surface area contributed by atoms with Gasteiger partial charge < -0.3 is 14.8 Å². The third-order valence-electron chi connectivity index (χ3n) is 3.48. The molecule has 2 aromatic rings. The van der Waals surface area contributed by atoms with Crippen molar-refractivity contribution in [3.63, 3.8) is 0 Å². The highest BCUT2D eigenvalue weighted by molar-refractivity contribution is 7.89. The Hall–Kier alpha value is -2.62. The molecule has 0 aromatic heterocycles. The molecular formula is C17H17ClN2O6S. The van der Waals surface area contributed by atoms with Crippen LogP contribution in [0.5, 0.6) is 5.75 Å². The summed E-state index contributed by atoms with van der Waals surface area (Å²) in [4.78, 5) is 24.3. The zero-order valence-corrected chi connectivity index (χ0v) is 16.0. The Bertz CT molecular complexity index is 960. The van der Waals surface area contributed by atoms with E-state index in [-0.39, 0.29) is 16.2 Å². The van der Waals surface area contributed by atoms with Crippen molar-refractivity contribution in [1.29, 1.82) is 0 Å². The molecule has 0 radical (unpaired) electrons. The fraction of sp³-hybridized carbons (Fsp3) is 0.176. The normalized spacial score (nSPS) is 12.1. The van der Waals surface area contributed by atoms with Gasteiger partial charge >= 0.3 is 5.97 Å². The molecule has 2 rings (SSSR count). The van der Waals surface area contributed by atoms with Crippen molar-refractivity contribution in [2.45, 2.75) is 17.9 Å². The summed E-state index contributed by atoms with van der Waals surface area (Å²) >= 11 is 5.78. The second-order valence-electron chi connectivity index (χ2n) is 5.45. The van der Waals surface area contributed by atoms with E-state index in [1.165, 1.54) is 26.2 Å². The van der Waals surface area contributed by atoms with E-state index in [2.05, 4.69) is 5.32 Å². The van der Waals surface area contributed by atoms with Gasteiger partial charge in [-0.25, -0.2) is 18.4 Å². The Morgan fingerprint density at radius 2 is 1.78 bits per heavy atom. The summed E-state index contributed by atoms with van der Waals surface area (Å²) in [5, 5.41) is 8.15. The number of sulfonamides is 1. The molecule has 0 fully saturated rings. The quantitative estimate of drug-likeness (QED) is 0.700. The van der Waals surface area contributed by atoms with Gasteiger partial charge in [0.2, 0.25) is 10.0 Å². The number of esters is 1. The van der Waals surface area contributed by atoms with E-state index in [0.717, 1.165) is 6.07 Å². The van der Waals surface area contributed by atoms with Crippen LogP contribution >= 0.6 is 11.6 Å². The number of benzene rings is 2. The minimum atomic E-state index is -4.03. The highest BCUT2D eigenvalue weighted by Gasteiger charge is 2.23. The highest BCUT2D eigenvalue weighted by Crippen LogP contribution is 2.23. The highest BCUT2D eigenvalue weighted by atomic mass is 35.5. The third kappa shape index (κ3) is 5.43. The molecule has 0 aliphatic rings. The minimum Gasteiger partial charge on any atom is -0.496 e. The van der Waals surface area contributed by atoms with Gasteiger partial charge in [0.25, 0.3) is 5.91 Å². The van der Waals surface area contributed by atoms with E-state index in [1.807, 2.05) is 0 Å². The van der Waals surface area contributed by atoms with E-state index >= 15 is 0 Å². The average Bonchev–Trinajstić information content (AvgIpc) is 2.62. The van der Waals surface area contributed by atoms with E-state index in [9.17, 15) is 18.0 Å². The molecule has 1 amide bonds. The number of ether oxygens (including phenoxy) is 2. The molecular weight excluding hydrogens is 396 g/mol. The lowest BCUT2D eigenvalue weighted by molar-refractivity contribution is -0.123. The number of methoxy groups -OCH3 is 1. The first-order valence-corrected chi connectivity index (χ1v) is 9.52. The van der Waals surface area contributed by atoms with Crippen molar-refractivity contribution < 1.29 is 27.5 Å². The molecule has 0 aliphatic heterocycles. The Kier molecular flexibility index (Phi) is 6.42. The second-order valence-corrected chi connectivity index (χ2v) is 7.45. The Balaban J connectivity index is 2.15. The molecule has 0 saturated carbocycles. The van der Waals surface area contributed by atoms with Crippen LogP contribution in [-0.2, 0) is 19.6 Å². The fourth-order valence-corrected chi connectivity index (χ4v) is 2.74. The van der Waals surface area contributed by atoms with Crippen LogP contribution in [0.25, 0.3) is 0 Å². The first-order valence-electron chi connectivity index (χ1n) is 7.60. The lowest BCUT2D eigenvalue weighted by atomic mass is 10.2. The summed E-state index contributed by atoms with van der Waals surface area (Å²) in [6.45, 7) is 1.37. The minimum absolute atomic E-state index is 0.0812. The monoisotopic (exact) mass is 412 g/mol. The summed E-state index contributed by atoms with van der Waals surface area (Å²) in [7, 11) is -2.72. The summed E-state index contributed by atoms with van der Waals surface area (Å²) in [5.41, 5.74) is 0.302. The largest absolute Gasteiger partial charge is 0.496 e. The number of amides is 1. The van der Waals surface area contributed by atoms with Crippen molar-refractivity contribution in [2.75, 3.05) is 12.4 Å². The van der Waals surface area contributed by atoms with Crippen LogP contribution in [0.1, 0.15) is 17.3 Å². The van der Waals surface area contributed by atoms with Gasteiger partial charge in [-0.3, -0.25) is 4.79 Å². The number of halogens is 1. The molecule has 27 heavy (non-hydrogen) atoms. The number of nitrogens with one attached hydrogen (secondary N) is 1. The van der Waals surface area contributed by atoms with Crippen LogP contribution < -0.4 is 15.2 Å². The van der Waals surface area contributed by atoms with Crippen molar-refractivity contribution in [3.05, 3.63) is 53.1 Å². The molecule has 2 aromatic carbocycles. The molecule has 10 heteroatoms. The van der Waals surface area contributed by atoms with Crippen molar-refractivity contribution in [1.82, 2.24) is 0 Å². The fourth-order valence-electron chi connectivity index (χ4n) is 2.08. The topological polar surface area (TPSA) is 125 Å². The van der Waals surface area contributed by atoms with Gasteiger partial charge in [0, 0.05) is 10.7 Å². The first kappa shape index (κ1) is 20.7. The van der Waals surface area contributed by atoms with Crippen LogP contribution in [-0.4, -0.2) is 33.5 Å². The summed E-state index contributed by atoms with van der Waals surface area (Å²) in [5.74, 6) is -1.43. The molecule has 0 saturated heterocycles. The molecule has 1 atom stereocenters. The maximum absolute atomic E-state index is 12.4. The van der Waals surface area contributed by atoms with Crippen LogP contribution in [0.3, 0.4) is 0 Å². The maximum Gasteiger partial charge on any atom is 0.342 e. The number of hydrogen-bond donors (Lipinski definition) is 2. The molecule has 3 N–H and O–H groups in total. The Morgan fingerprint density at radius 3 is 2.33 bits per heavy atom. The first-order chi connectivity index (χ1) is 12.6. The molecule has 0 aliphatic carbocycles. The average molecular weight is 413 g/mol. The number of nitrogens with two attached hydrogens (primary N) is 1. The van der Waals surface area contributed by atoms with Gasteiger partial charge in [-0.05, 0) is 49.4 Å². The Morgan fingerprint density at radius 1 is 1.15 bits per heavy atom. The smallest absolute Gasteiger partial charge is 0.342 e. The zero-order valence-electron chi connectivity index (χ0n) is 14.4. The van der Waals surface area contributed by atoms with Crippen molar-refractivity contribution >= 4 is 39.2 Å². The van der Waals surface area contributed by atoms with Gasteiger partial charge in [0.15, 0.2) is 6.10 Å². The molecule has 144 valence electrons. The second kappa shape index (κ2) is 8.38. The van der Waals surface area contributed by atoms with Gasteiger partial charge in [-0.2, -0.15) is 0 Å². The summed E-state index contributed by atoms with van der Waals surface area (Å²) in [6.07, 6.45) is -1.16. The number of hydrogen-bond acceptors (Lipinski definition) is 6. The third-order valence-corrected chi connectivity index (χ3v) is 4.65. The number of anilines is 1. The zero-order chi connectivity index (χ0) is 20.2. The number of rotatable bonds is 6. The SMILES string of the molecule is COc1ccc(S(N)(=O)=O)cc1C(=O)O[C@@H](C)C(=O)Nc1ccc(Cl)cc1. The van der Waals surface area contributed by atoms with Crippen LogP contribution in [0, 0.1) is 0 Å². The molecule has 0 unspecified atom stereocenters. The Labute approximate surface area is 161 Å². The summed E-state index contributed by atoms with van der Waals surface area (Å²) < 4.78 is 33.1. The van der Waals surface area contributed by atoms with Gasteiger partial charge in [0.1, 0.15) is 11.3 Å².